The normalized spacial score (nSPS) is 16.5. The summed E-state index contributed by atoms with van der Waals surface area (Å²) in [4.78, 5) is 23.0. The number of carboxylic acid groups (broad SMARTS) is 1. The van der Waals surface area contributed by atoms with E-state index in [9.17, 15) is 14.0 Å². The highest BCUT2D eigenvalue weighted by molar-refractivity contribution is 9.10. The average molecular weight is 330 g/mol. The van der Waals surface area contributed by atoms with Gasteiger partial charge in [-0.25, -0.2) is 4.39 Å². The third-order valence-corrected chi connectivity index (χ3v) is 3.96. The van der Waals surface area contributed by atoms with Crippen LogP contribution in [0.2, 0.25) is 0 Å². The fourth-order valence-electron chi connectivity index (χ4n) is 2.16. The zero-order chi connectivity index (χ0) is 14.0. The minimum atomic E-state index is -0.966. The first-order valence-electron chi connectivity index (χ1n) is 5.91. The van der Waals surface area contributed by atoms with Crippen molar-refractivity contribution in [3.63, 3.8) is 0 Å². The van der Waals surface area contributed by atoms with Gasteiger partial charge in [-0.05, 0) is 31.0 Å². The van der Waals surface area contributed by atoms with Crippen LogP contribution in [0.4, 0.5) is 10.1 Å². The summed E-state index contributed by atoms with van der Waals surface area (Å²) >= 11 is 3.18. The van der Waals surface area contributed by atoms with Crippen molar-refractivity contribution >= 4 is 33.5 Å². The van der Waals surface area contributed by atoms with E-state index in [1.54, 1.807) is 0 Å². The van der Waals surface area contributed by atoms with E-state index in [1.165, 1.54) is 18.2 Å². The van der Waals surface area contributed by atoms with Crippen LogP contribution in [0.3, 0.4) is 0 Å². The lowest BCUT2D eigenvalue weighted by Gasteiger charge is -2.36. The third-order valence-electron chi connectivity index (χ3n) is 3.47. The van der Waals surface area contributed by atoms with Crippen LogP contribution in [-0.2, 0) is 9.59 Å². The summed E-state index contributed by atoms with van der Waals surface area (Å²) in [7, 11) is 0. The van der Waals surface area contributed by atoms with Gasteiger partial charge in [-0.3, -0.25) is 9.59 Å². The Morgan fingerprint density at radius 2 is 2.11 bits per heavy atom. The smallest absolute Gasteiger partial charge is 0.310 e. The summed E-state index contributed by atoms with van der Waals surface area (Å²) in [6, 6.07) is 4.20. The number of aliphatic carboxylic acids is 1. The molecule has 0 aromatic heterocycles. The van der Waals surface area contributed by atoms with E-state index in [1.807, 2.05) is 0 Å². The second kappa shape index (κ2) is 5.28. The first-order chi connectivity index (χ1) is 8.93. The Balaban J connectivity index is 2.05. The number of halogens is 2. The summed E-state index contributed by atoms with van der Waals surface area (Å²) in [5.41, 5.74) is -0.911. The fourth-order valence-corrected chi connectivity index (χ4v) is 2.53. The number of nitrogens with one attached hydrogen (secondary N) is 1. The summed E-state index contributed by atoms with van der Waals surface area (Å²) < 4.78 is 14.1. The Hall–Kier alpha value is -1.43. The molecule has 2 N–H and O–H groups in total. The van der Waals surface area contributed by atoms with Gasteiger partial charge in [-0.15, -0.1) is 0 Å². The van der Waals surface area contributed by atoms with Crippen LogP contribution in [0.25, 0.3) is 0 Å². The Bertz CT molecular complexity index is 529. The second-order valence-corrected chi connectivity index (χ2v) is 5.70. The summed E-state index contributed by atoms with van der Waals surface area (Å²) in [6.45, 7) is 0. The highest BCUT2D eigenvalue weighted by atomic mass is 79.9. The summed E-state index contributed by atoms with van der Waals surface area (Å²) in [5, 5.41) is 11.6. The minimum absolute atomic E-state index is 0.0548. The average Bonchev–Trinajstić information content (AvgIpc) is 2.28. The molecule has 0 radical (unpaired) electrons. The lowest BCUT2D eigenvalue weighted by atomic mass is 9.66. The van der Waals surface area contributed by atoms with E-state index >= 15 is 0 Å². The highest BCUT2D eigenvalue weighted by Crippen LogP contribution is 2.44. The van der Waals surface area contributed by atoms with Crippen LogP contribution >= 0.6 is 15.9 Å². The number of benzene rings is 1. The van der Waals surface area contributed by atoms with Gasteiger partial charge in [0.25, 0.3) is 0 Å². The van der Waals surface area contributed by atoms with Gasteiger partial charge in [0.1, 0.15) is 5.82 Å². The molecule has 0 unspecified atom stereocenters. The van der Waals surface area contributed by atoms with Crippen molar-refractivity contribution in [2.45, 2.75) is 25.7 Å². The molecular weight excluding hydrogens is 317 g/mol. The SMILES string of the molecule is O=C(CC1(C(=O)O)CCC1)Nc1cc(Br)ccc1F. The minimum Gasteiger partial charge on any atom is -0.481 e. The van der Waals surface area contributed by atoms with Crippen molar-refractivity contribution in [3.05, 3.63) is 28.5 Å². The third kappa shape index (κ3) is 2.94. The Morgan fingerprint density at radius 1 is 1.42 bits per heavy atom. The number of rotatable bonds is 4. The zero-order valence-corrected chi connectivity index (χ0v) is 11.7. The molecule has 0 bridgehead atoms. The second-order valence-electron chi connectivity index (χ2n) is 4.79. The van der Waals surface area contributed by atoms with Gasteiger partial charge >= 0.3 is 5.97 Å². The van der Waals surface area contributed by atoms with Gasteiger partial charge in [0.15, 0.2) is 0 Å². The van der Waals surface area contributed by atoms with Crippen molar-refractivity contribution < 1.29 is 19.1 Å². The monoisotopic (exact) mass is 329 g/mol. The number of carboxylic acids is 1. The maximum absolute atomic E-state index is 13.5. The molecular formula is C13H13BrFNO3. The Kier molecular flexibility index (Phi) is 3.89. The molecule has 1 aromatic carbocycles. The van der Waals surface area contributed by atoms with E-state index in [2.05, 4.69) is 21.2 Å². The quantitative estimate of drug-likeness (QED) is 0.891. The molecule has 1 saturated carbocycles. The predicted molar refractivity (Wildman–Crippen MR) is 71.3 cm³/mol. The maximum Gasteiger partial charge on any atom is 0.310 e. The van der Waals surface area contributed by atoms with Crippen molar-refractivity contribution in [2.24, 2.45) is 5.41 Å². The molecule has 0 aliphatic heterocycles. The standard InChI is InChI=1S/C13H13BrFNO3/c14-8-2-3-9(15)10(6-8)16-11(17)7-13(12(18)19)4-1-5-13/h2-3,6H,1,4-5,7H2,(H,16,17)(H,18,19). The van der Waals surface area contributed by atoms with Crippen molar-refractivity contribution in [1.82, 2.24) is 0 Å². The van der Waals surface area contributed by atoms with Crippen LogP contribution in [0.5, 0.6) is 0 Å². The summed E-state index contributed by atoms with van der Waals surface area (Å²) in [6.07, 6.45) is 1.69. The van der Waals surface area contributed by atoms with Crippen molar-refractivity contribution in [1.29, 1.82) is 0 Å². The van der Waals surface area contributed by atoms with Gasteiger partial charge in [0, 0.05) is 10.9 Å². The van der Waals surface area contributed by atoms with Crippen molar-refractivity contribution in [3.8, 4) is 0 Å². The van der Waals surface area contributed by atoms with E-state index in [0.717, 1.165) is 6.42 Å². The maximum atomic E-state index is 13.5. The largest absolute Gasteiger partial charge is 0.481 e. The molecule has 1 fully saturated rings. The van der Waals surface area contributed by atoms with E-state index in [4.69, 9.17) is 5.11 Å². The molecule has 4 nitrogen and oxygen atoms in total. The number of hydrogen-bond acceptors (Lipinski definition) is 2. The fraction of sp³-hybridized carbons (Fsp3) is 0.385. The zero-order valence-electron chi connectivity index (χ0n) is 10.1. The molecule has 0 spiro atoms. The van der Waals surface area contributed by atoms with E-state index < -0.39 is 23.1 Å². The Morgan fingerprint density at radius 3 is 2.63 bits per heavy atom. The number of carbonyl (C=O) groups is 2. The van der Waals surface area contributed by atoms with Crippen molar-refractivity contribution in [2.75, 3.05) is 5.32 Å². The number of anilines is 1. The Labute approximate surface area is 118 Å². The first kappa shape index (κ1) is 14.0. The molecule has 102 valence electrons. The summed E-state index contributed by atoms with van der Waals surface area (Å²) in [5.74, 6) is -1.97. The van der Waals surface area contributed by atoms with Crippen LogP contribution in [0, 0.1) is 11.2 Å². The molecule has 2 rings (SSSR count). The number of amides is 1. The van der Waals surface area contributed by atoms with Gasteiger partial charge in [0.05, 0.1) is 11.1 Å². The first-order valence-corrected chi connectivity index (χ1v) is 6.71. The van der Waals surface area contributed by atoms with Crippen LogP contribution in [0.15, 0.2) is 22.7 Å². The molecule has 1 aliphatic rings. The van der Waals surface area contributed by atoms with Gasteiger partial charge in [-0.1, -0.05) is 22.4 Å². The molecule has 1 amide bonds. The number of carbonyl (C=O) groups excluding carboxylic acids is 1. The van der Waals surface area contributed by atoms with Gasteiger partial charge < -0.3 is 10.4 Å². The highest BCUT2D eigenvalue weighted by Gasteiger charge is 2.45. The molecule has 0 atom stereocenters. The van der Waals surface area contributed by atoms with Gasteiger partial charge in [-0.2, -0.15) is 0 Å². The predicted octanol–water partition coefficient (Wildman–Crippen LogP) is 3.17. The van der Waals surface area contributed by atoms with Crippen LogP contribution < -0.4 is 5.32 Å². The number of hydrogen-bond donors (Lipinski definition) is 2. The van der Waals surface area contributed by atoms with Gasteiger partial charge in [0.2, 0.25) is 5.91 Å². The lowest BCUT2D eigenvalue weighted by molar-refractivity contribution is -0.157. The van der Waals surface area contributed by atoms with Crippen LogP contribution in [-0.4, -0.2) is 17.0 Å². The molecule has 6 heteroatoms. The molecule has 1 aliphatic carbocycles. The molecule has 1 aromatic rings. The van der Waals surface area contributed by atoms with E-state index in [0.29, 0.717) is 17.3 Å². The molecule has 0 saturated heterocycles. The van der Waals surface area contributed by atoms with E-state index in [-0.39, 0.29) is 12.1 Å². The molecule has 0 heterocycles. The van der Waals surface area contributed by atoms with Crippen LogP contribution in [0.1, 0.15) is 25.7 Å². The molecule has 19 heavy (non-hydrogen) atoms. The topological polar surface area (TPSA) is 66.4 Å². The lowest BCUT2D eigenvalue weighted by Crippen LogP contribution is -2.41.